The van der Waals surface area contributed by atoms with Crippen molar-refractivity contribution in [1.29, 1.82) is 5.26 Å². The third-order valence-electron chi connectivity index (χ3n) is 6.71. The van der Waals surface area contributed by atoms with Crippen molar-refractivity contribution in [1.82, 2.24) is 10.2 Å². The van der Waals surface area contributed by atoms with Crippen molar-refractivity contribution in [2.75, 3.05) is 18.4 Å². The van der Waals surface area contributed by atoms with Crippen LogP contribution in [0, 0.1) is 17.2 Å². The highest BCUT2D eigenvalue weighted by Crippen LogP contribution is 2.49. The number of piperidine rings is 1. The van der Waals surface area contributed by atoms with Gasteiger partial charge in [-0.05, 0) is 37.8 Å². The van der Waals surface area contributed by atoms with Gasteiger partial charge in [-0.2, -0.15) is 5.26 Å². The van der Waals surface area contributed by atoms with Crippen molar-refractivity contribution in [3.05, 3.63) is 28.5 Å². The summed E-state index contributed by atoms with van der Waals surface area (Å²) in [4.78, 5) is 27.2. The zero-order chi connectivity index (χ0) is 20.9. The van der Waals surface area contributed by atoms with Crippen LogP contribution in [0.4, 0.5) is 10.5 Å². The minimum absolute atomic E-state index is 0.0106. The van der Waals surface area contributed by atoms with Crippen LogP contribution < -0.4 is 10.6 Å². The van der Waals surface area contributed by atoms with Gasteiger partial charge in [0.05, 0.1) is 22.3 Å². The van der Waals surface area contributed by atoms with E-state index in [-0.39, 0.29) is 23.6 Å². The second-order valence-corrected chi connectivity index (χ2v) is 8.96. The summed E-state index contributed by atoms with van der Waals surface area (Å²) in [5, 5.41) is 16.3. The number of nitriles is 1. The predicted octanol–water partition coefficient (Wildman–Crippen LogP) is 4.76. The van der Waals surface area contributed by atoms with E-state index < -0.39 is 5.54 Å². The van der Waals surface area contributed by atoms with Crippen molar-refractivity contribution in [3.8, 4) is 6.07 Å². The Bertz CT molecular complexity index is 1070. The number of rotatable bonds is 1. The Balaban J connectivity index is 1.57. The maximum Gasteiger partial charge on any atom is 0.319 e. The topological polar surface area (TPSA) is 98.4 Å². The summed E-state index contributed by atoms with van der Waals surface area (Å²) in [6, 6.07) is 5.52. The van der Waals surface area contributed by atoms with E-state index in [1.165, 1.54) is 0 Å². The van der Waals surface area contributed by atoms with Gasteiger partial charge >= 0.3 is 6.03 Å². The molecule has 1 saturated carbocycles. The van der Waals surface area contributed by atoms with E-state index in [9.17, 15) is 9.59 Å². The minimum atomic E-state index is -0.525. The molecule has 2 N–H and O–H groups in total. The van der Waals surface area contributed by atoms with Gasteiger partial charge in [-0.25, -0.2) is 4.79 Å². The Morgan fingerprint density at radius 1 is 1.23 bits per heavy atom. The number of hydrogen-bond donors (Lipinski definition) is 2. The summed E-state index contributed by atoms with van der Waals surface area (Å²) in [6.07, 6.45) is 6.14. The Morgan fingerprint density at radius 2 is 1.97 bits per heavy atom. The van der Waals surface area contributed by atoms with E-state index in [4.69, 9.17) is 21.3 Å². The molecule has 1 aliphatic carbocycles. The molecule has 8 heteroatoms. The van der Waals surface area contributed by atoms with Crippen LogP contribution in [0.5, 0.6) is 0 Å². The first-order valence-electron chi connectivity index (χ1n) is 10.6. The fraction of sp³-hybridized carbons (Fsp3) is 0.500. The molecule has 2 fully saturated rings. The quantitative estimate of drug-likeness (QED) is 0.686. The van der Waals surface area contributed by atoms with E-state index in [2.05, 4.69) is 16.7 Å². The highest BCUT2D eigenvalue weighted by molar-refractivity contribution is 6.35. The molecule has 2 aromatic rings. The van der Waals surface area contributed by atoms with Crippen LogP contribution >= 0.6 is 11.6 Å². The average Bonchev–Trinajstić information content (AvgIpc) is 3.17. The predicted molar refractivity (Wildman–Crippen MR) is 112 cm³/mol. The number of amides is 3. The third kappa shape index (κ3) is 3.02. The lowest BCUT2D eigenvalue weighted by molar-refractivity contribution is 0.0677. The molecule has 0 bridgehead atoms. The van der Waals surface area contributed by atoms with Gasteiger partial charge in [0.2, 0.25) is 0 Å². The SMILES string of the molecule is N#CC1CCN(C(=O)c2cc3cc(Cl)c4c(c3o2)C2(CCCCC2)NC(=O)N4)CC1. The monoisotopic (exact) mass is 426 g/mol. The molecule has 3 heterocycles. The molecular weight excluding hydrogens is 404 g/mol. The first-order chi connectivity index (χ1) is 14.5. The number of urea groups is 1. The molecule has 156 valence electrons. The molecule has 5 rings (SSSR count). The molecule has 2 aliphatic heterocycles. The van der Waals surface area contributed by atoms with Crippen LogP contribution in [0.25, 0.3) is 11.0 Å². The van der Waals surface area contributed by atoms with Crippen molar-refractivity contribution < 1.29 is 14.0 Å². The number of halogens is 1. The summed E-state index contributed by atoms with van der Waals surface area (Å²) in [5.41, 5.74) is 1.52. The molecule has 7 nitrogen and oxygen atoms in total. The molecule has 1 aromatic heterocycles. The first-order valence-corrected chi connectivity index (χ1v) is 10.9. The second kappa shape index (κ2) is 7.21. The van der Waals surface area contributed by atoms with Gasteiger partial charge in [-0.3, -0.25) is 4.79 Å². The lowest BCUT2D eigenvalue weighted by Crippen LogP contribution is -2.52. The van der Waals surface area contributed by atoms with Crippen LogP contribution in [0.2, 0.25) is 5.02 Å². The highest BCUT2D eigenvalue weighted by Gasteiger charge is 2.44. The van der Waals surface area contributed by atoms with E-state index in [0.29, 0.717) is 42.2 Å². The van der Waals surface area contributed by atoms with Gasteiger partial charge < -0.3 is 20.0 Å². The van der Waals surface area contributed by atoms with Gasteiger partial charge in [0.1, 0.15) is 5.58 Å². The zero-order valence-corrected chi connectivity index (χ0v) is 17.3. The van der Waals surface area contributed by atoms with Gasteiger partial charge in [0, 0.05) is 30.0 Å². The first kappa shape index (κ1) is 19.3. The van der Waals surface area contributed by atoms with Crippen LogP contribution in [-0.2, 0) is 5.54 Å². The number of furan rings is 1. The fourth-order valence-electron chi connectivity index (χ4n) is 5.16. The van der Waals surface area contributed by atoms with Crippen LogP contribution in [0.15, 0.2) is 16.5 Å². The van der Waals surface area contributed by atoms with E-state index in [0.717, 1.165) is 43.1 Å². The van der Waals surface area contributed by atoms with Crippen molar-refractivity contribution in [2.45, 2.75) is 50.5 Å². The third-order valence-corrected chi connectivity index (χ3v) is 7.01. The number of fused-ring (bicyclic) bond motifs is 4. The largest absolute Gasteiger partial charge is 0.450 e. The number of nitrogens with one attached hydrogen (secondary N) is 2. The maximum absolute atomic E-state index is 13.1. The number of likely N-dealkylation sites (tertiary alicyclic amines) is 1. The number of carbonyl (C=O) groups is 2. The molecule has 0 unspecified atom stereocenters. The van der Waals surface area contributed by atoms with Gasteiger partial charge in [0.25, 0.3) is 5.91 Å². The smallest absolute Gasteiger partial charge is 0.319 e. The van der Waals surface area contributed by atoms with Crippen LogP contribution in [0.1, 0.15) is 61.1 Å². The highest BCUT2D eigenvalue weighted by atomic mass is 35.5. The number of carbonyl (C=O) groups excluding carboxylic acids is 2. The molecule has 0 atom stereocenters. The normalized spacial score (nSPS) is 21.1. The summed E-state index contributed by atoms with van der Waals surface area (Å²) in [5.74, 6) is 0.113. The van der Waals surface area contributed by atoms with Crippen molar-refractivity contribution in [3.63, 3.8) is 0 Å². The Morgan fingerprint density at radius 3 is 2.67 bits per heavy atom. The van der Waals surface area contributed by atoms with Gasteiger partial charge in [0.15, 0.2) is 5.76 Å². The maximum atomic E-state index is 13.1. The van der Waals surface area contributed by atoms with Gasteiger partial charge in [-0.1, -0.05) is 30.9 Å². The summed E-state index contributed by atoms with van der Waals surface area (Å²) >= 11 is 6.55. The summed E-state index contributed by atoms with van der Waals surface area (Å²) in [7, 11) is 0. The minimum Gasteiger partial charge on any atom is -0.450 e. The molecule has 1 spiro atoms. The number of benzene rings is 1. The fourth-order valence-corrected chi connectivity index (χ4v) is 5.42. The molecule has 30 heavy (non-hydrogen) atoms. The number of anilines is 1. The average molecular weight is 427 g/mol. The van der Waals surface area contributed by atoms with E-state index >= 15 is 0 Å². The summed E-state index contributed by atoms with van der Waals surface area (Å²) in [6.45, 7) is 1.10. The van der Waals surface area contributed by atoms with E-state index in [1.54, 1.807) is 17.0 Å². The van der Waals surface area contributed by atoms with Crippen LogP contribution in [0.3, 0.4) is 0 Å². The van der Waals surface area contributed by atoms with E-state index in [1.807, 2.05) is 0 Å². The Kier molecular flexibility index (Phi) is 4.62. The standard InChI is InChI=1S/C22H23ClN4O3/c23-15-10-14-11-16(20(28)27-8-4-13(12-24)5-9-27)30-19(14)17-18(15)25-21(29)26-22(17)6-2-1-3-7-22/h10-11,13H,1-9H2,(H2,25,26,29). The van der Waals surface area contributed by atoms with Gasteiger partial charge in [-0.15, -0.1) is 0 Å². The van der Waals surface area contributed by atoms with Crippen LogP contribution in [-0.4, -0.2) is 29.9 Å². The van der Waals surface area contributed by atoms with Crippen molar-refractivity contribution >= 4 is 40.2 Å². The molecular formula is C22H23ClN4O3. The zero-order valence-electron chi connectivity index (χ0n) is 16.6. The second-order valence-electron chi connectivity index (χ2n) is 8.55. The Hall–Kier alpha value is -2.72. The molecule has 0 radical (unpaired) electrons. The molecule has 1 saturated heterocycles. The lowest BCUT2D eigenvalue weighted by atomic mass is 9.74. The number of nitrogens with zero attached hydrogens (tertiary/aromatic N) is 2. The lowest BCUT2D eigenvalue weighted by Gasteiger charge is -2.42. The molecule has 1 aromatic carbocycles. The Labute approximate surface area is 179 Å². The molecule has 3 aliphatic rings. The summed E-state index contributed by atoms with van der Waals surface area (Å²) < 4.78 is 6.15. The van der Waals surface area contributed by atoms with Crippen molar-refractivity contribution in [2.24, 2.45) is 5.92 Å². The molecule has 3 amide bonds. The number of hydrogen-bond acceptors (Lipinski definition) is 4.